The Morgan fingerprint density at radius 2 is 2.11 bits per heavy atom. The summed E-state index contributed by atoms with van der Waals surface area (Å²) in [6.07, 6.45) is 1.14. The van der Waals surface area contributed by atoms with Crippen molar-refractivity contribution in [3.63, 3.8) is 0 Å². The normalized spacial score (nSPS) is 13.1. The molecule has 0 aliphatic carbocycles. The number of hydrogen-bond donors (Lipinski definition) is 2. The summed E-state index contributed by atoms with van der Waals surface area (Å²) >= 11 is 3.22. The van der Waals surface area contributed by atoms with Crippen LogP contribution in [0.15, 0.2) is 27.6 Å². The summed E-state index contributed by atoms with van der Waals surface area (Å²) in [6, 6.07) is 4.89. The van der Waals surface area contributed by atoms with Crippen LogP contribution in [-0.2, 0) is 14.6 Å². The lowest BCUT2D eigenvalue weighted by Gasteiger charge is -2.15. The van der Waals surface area contributed by atoms with E-state index in [1.165, 1.54) is 11.5 Å². The van der Waals surface area contributed by atoms with Gasteiger partial charge in [-0.1, -0.05) is 28.9 Å². The molecule has 100 valence electrons. The Bertz CT molecular complexity index is 556. The van der Waals surface area contributed by atoms with Gasteiger partial charge in [-0.25, -0.2) is 13.9 Å². The molecule has 0 spiro atoms. The Labute approximate surface area is 114 Å². The molecule has 1 amide bonds. The first-order chi connectivity index (χ1) is 8.25. The molecule has 0 saturated carbocycles. The second-order valence-electron chi connectivity index (χ2n) is 4.09. The summed E-state index contributed by atoms with van der Waals surface area (Å²) in [5, 5.41) is 8.48. The Kier molecular flexibility index (Phi) is 4.89. The fourth-order valence-electron chi connectivity index (χ4n) is 1.67. The van der Waals surface area contributed by atoms with E-state index in [0.717, 1.165) is 6.26 Å². The third-order valence-electron chi connectivity index (χ3n) is 2.52. The largest absolute Gasteiger partial charge is 0.289 e. The molecule has 0 aliphatic rings. The van der Waals surface area contributed by atoms with Crippen molar-refractivity contribution in [2.75, 3.05) is 6.26 Å². The highest BCUT2D eigenvalue weighted by atomic mass is 79.9. The number of benzene rings is 1. The molecule has 7 heteroatoms. The standard InChI is InChI=1S/C11H14BrNO4S/c1-7(5-11(14)13-15)9-4-3-8(12)6-10(9)18(2,16)17/h3-4,6-7,15H,5H2,1-2H3,(H,13,14). The second-order valence-corrected chi connectivity index (χ2v) is 6.99. The van der Waals surface area contributed by atoms with Crippen LogP contribution in [0.1, 0.15) is 24.8 Å². The minimum Gasteiger partial charge on any atom is -0.289 e. The zero-order valence-electron chi connectivity index (χ0n) is 9.97. The molecule has 1 aromatic rings. The molecule has 2 N–H and O–H groups in total. The maximum atomic E-state index is 11.7. The lowest BCUT2D eigenvalue weighted by atomic mass is 9.97. The van der Waals surface area contributed by atoms with E-state index in [9.17, 15) is 13.2 Å². The summed E-state index contributed by atoms with van der Waals surface area (Å²) in [5.41, 5.74) is 2.10. The third-order valence-corrected chi connectivity index (χ3v) is 4.17. The predicted octanol–water partition coefficient (Wildman–Crippen LogP) is 1.85. The van der Waals surface area contributed by atoms with Crippen LogP contribution in [0.25, 0.3) is 0 Å². The van der Waals surface area contributed by atoms with Gasteiger partial charge in [0.05, 0.1) is 4.90 Å². The molecule has 0 heterocycles. The van der Waals surface area contributed by atoms with E-state index >= 15 is 0 Å². The summed E-state index contributed by atoms with van der Waals surface area (Å²) < 4.78 is 24.0. The highest BCUT2D eigenvalue weighted by Gasteiger charge is 2.20. The van der Waals surface area contributed by atoms with Gasteiger partial charge in [0, 0.05) is 17.1 Å². The summed E-state index contributed by atoms with van der Waals surface area (Å²) in [5.74, 6) is -0.861. The molecule has 0 bridgehead atoms. The van der Waals surface area contributed by atoms with E-state index in [1.54, 1.807) is 19.1 Å². The van der Waals surface area contributed by atoms with Crippen molar-refractivity contribution in [2.24, 2.45) is 0 Å². The lowest BCUT2D eigenvalue weighted by Crippen LogP contribution is -2.21. The molecule has 0 radical (unpaired) electrons. The molecular weight excluding hydrogens is 322 g/mol. The molecule has 1 rings (SSSR count). The van der Waals surface area contributed by atoms with Crippen molar-refractivity contribution >= 4 is 31.7 Å². The first-order valence-corrected chi connectivity index (χ1v) is 7.86. The first-order valence-electron chi connectivity index (χ1n) is 5.18. The van der Waals surface area contributed by atoms with E-state index in [2.05, 4.69) is 15.9 Å². The number of nitrogens with one attached hydrogen (secondary N) is 1. The number of halogens is 1. The molecule has 18 heavy (non-hydrogen) atoms. The number of hydroxylamine groups is 1. The van der Waals surface area contributed by atoms with Gasteiger partial charge in [-0.3, -0.25) is 10.0 Å². The molecule has 5 nitrogen and oxygen atoms in total. The molecule has 1 aromatic carbocycles. The Morgan fingerprint density at radius 1 is 1.50 bits per heavy atom. The lowest BCUT2D eigenvalue weighted by molar-refractivity contribution is -0.129. The minimum absolute atomic E-state index is 0.0145. The van der Waals surface area contributed by atoms with Crippen molar-refractivity contribution in [2.45, 2.75) is 24.2 Å². The zero-order valence-corrected chi connectivity index (χ0v) is 12.4. The Balaban J connectivity index is 3.20. The number of hydrogen-bond acceptors (Lipinski definition) is 4. The fourth-order valence-corrected chi connectivity index (χ4v) is 3.22. The SMILES string of the molecule is CC(CC(=O)NO)c1ccc(Br)cc1S(C)(=O)=O. The van der Waals surface area contributed by atoms with E-state index in [4.69, 9.17) is 5.21 Å². The van der Waals surface area contributed by atoms with Crippen LogP contribution >= 0.6 is 15.9 Å². The van der Waals surface area contributed by atoms with Crippen LogP contribution in [0, 0.1) is 0 Å². The molecule has 0 saturated heterocycles. The topological polar surface area (TPSA) is 83.5 Å². The monoisotopic (exact) mass is 335 g/mol. The van der Waals surface area contributed by atoms with Gasteiger partial charge in [0.15, 0.2) is 9.84 Å². The van der Waals surface area contributed by atoms with Crippen LogP contribution < -0.4 is 5.48 Å². The maximum Gasteiger partial charge on any atom is 0.243 e. The molecule has 1 atom stereocenters. The van der Waals surface area contributed by atoms with Gasteiger partial charge in [0.1, 0.15) is 0 Å². The van der Waals surface area contributed by atoms with Crippen molar-refractivity contribution < 1.29 is 18.4 Å². The number of amides is 1. The zero-order chi connectivity index (χ0) is 13.9. The smallest absolute Gasteiger partial charge is 0.243 e. The van der Waals surface area contributed by atoms with Crippen LogP contribution in [0.3, 0.4) is 0 Å². The van der Waals surface area contributed by atoms with Crippen LogP contribution in [0.4, 0.5) is 0 Å². The number of rotatable bonds is 4. The molecule has 0 aromatic heterocycles. The second kappa shape index (κ2) is 5.81. The van der Waals surface area contributed by atoms with Gasteiger partial charge < -0.3 is 0 Å². The van der Waals surface area contributed by atoms with Gasteiger partial charge >= 0.3 is 0 Å². The van der Waals surface area contributed by atoms with Crippen LogP contribution in [-0.4, -0.2) is 25.8 Å². The van der Waals surface area contributed by atoms with Crippen LogP contribution in [0.5, 0.6) is 0 Å². The van der Waals surface area contributed by atoms with E-state index in [0.29, 0.717) is 10.0 Å². The van der Waals surface area contributed by atoms with E-state index in [-0.39, 0.29) is 17.2 Å². The fraction of sp³-hybridized carbons (Fsp3) is 0.364. The van der Waals surface area contributed by atoms with E-state index in [1.807, 2.05) is 0 Å². The molecule has 0 fully saturated rings. The average molecular weight is 336 g/mol. The Morgan fingerprint density at radius 3 is 2.61 bits per heavy atom. The van der Waals surface area contributed by atoms with Gasteiger partial charge in [-0.2, -0.15) is 0 Å². The number of carbonyl (C=O) groups excluding carboxylic acids is 1. The van der Waals surface area contributed by atoms with Crippen LogP contribution in [0.2, 0.25) is 0 Å². The first kappa shape index (κ1) is 15.1. The van der Waals surface area contributed by atoms with Crippen molar-refractivity contribution in [1.29, 1.82) is 0 Å². The Hall–Kier alpha value is -0.920. The minimum atomic E-state index is -3.37. The van der Waals surface area contributed by atoms with Gasteiger partial charge in [0.25, 0.3) is 0 Å². The summed E-state index contributed by atoms with van der Waals surface area (Å²) in [6.45, 7) is 1.73. The predicted molar refractivity (Wildman–Crippen MR) is 70.2 cm³/mol. The van der Waals surface area contributed by atoms with E-state index < -0.39 is 15.7 Å². The van der Waals surface area contributed by atoms with Gasteiger partial charge in [0.2, 0.25) is 5.91 Å². The van der Waals surface area contributed by atoms with Crippen molar-refractivity contribution in [3.8, 4) is 0 Å². The highest BCUT2D eigenvalue weighted by molar-refractivity contribution is 9.10. The van der Waals surface area contributed by atoms with Gasteiger partial charge in [-0.05, 0) is 23.6 Å². The third kappa shape index (κ3) is 3.79. The molecule has 1 unspecified atom stereocenters. The molecule has 0 aliphatic heterocycles. The number of carbonyl (C=O) groups is 1. The van der Waals surface area contributed by atoms with Crippen molar-refractivity contribution in [1.82, 2.24) is 5.48 Å². The molecular formula is C11H14BrNO4S. The van der Waals surface area contributed by atoms with Gasteiger partial charge in [-0.15, -0.1) is 0 Å². The summed E-state index contributed by atoms with van der Waals surface area (Å²) in [4.78, 5) is 11.3. The quantitative estimate of drug-likeness (QED) is 0.649. The average Bonchev–Trinajstić information content (AvgIpc) is 2.27. The highest BCUT2D eigenvalue weighted by Crippen LogP contribution is 2.29. The number of sulfone groups is 1. The van der Waals surface area contributed by atoms with Crippen molar-refractivity contribution in [3.05, 3.63) is 28.2 Å². The summed E-state index contributed by atoms with van der Waals surface area (Å²) in [7, 11) is -3.37. The maximum absolute atomic E-state index is 11.7.